The van der Waals surface area contributed by atoms with Crippen molar-refractivity contribution in [3.8, 4) is 5.75 Å². The molecule has 1 unspecified atom stereocenters. The molecule has 0 heterocycles. The number of alkyl halides is 1. The number of ether oxygens (including phenoxy) is 1. The van der Waals surface area contributed by atoms with Crippen molar-refractivity contribution >= 4 is 0 Å². The van der Waals surface area contributed by atoms with Crippen LogP contribution >= 0.6 is 0 Å². The van der Waals surface area contributed by atoms with Gasteiger partial charge in [-0.25, -0.2) is 4.39 Å². The van der Waals surface area contributed by atoms with E-state index < -0.39 is 5.67 Å². The van der Waals surface area contributed by atoms with Gasteiger partial charge in [0.05, 0.1) is 7.11 Å². The van der Waals surface area contributed by atoms with Gasteiger partial charge in [-0.05, 0) is 24.1 Å². The quantitative estimate of drug-likeness (QED) is 0.812. The van der Waals surface area contributed by atoms with Crippen LogP contribution in [0.3, 0.4) is 0 Å². The average molecular weight is 211 g/mol. The van der Waals surface area contributed by atoms with Crippen LogP contribution in [0.5, 0.6) is 5.75 Å². The van der Waals surface area contributed by atoms with Crippen LogP contribution in [0, 0.1) is 0 Å². The molecule has 0 amide bonds. The normalized spacial score (nSPS) is 14.7. The Bertz CT molecular complexity index is 299. The Morgan fingerprint density at radius 2 is 1.93 bits per heavy atom. The predicted molar refractivity (Wildman–Crippen MR) is 59.7 cm³/mol. The third kappa shape index (κ3) is 2.69. The summed E-state index contributed by atoms with van der Waals surface area (Å²) in [5.74, 6) is 0.731. The van der Waals surface area contributed by atoms with E-state index in [1.54, 1.807) is 31.4 Å². The van der Waals surface area contributed by atoms with Gasteiger partial charge < -0.3 is 10.5 Å². The Labute approximate surface area is 90.2 Å². The van der Waals surface area contributed by atoms with Crippen LogP contribution in [0.1, 0.15) is 25.3 Å². The largest absolute Gasteiger partial charge is 0.497 e. The lowest BCUT2D eigenvalue weighted by atomic mass is 9.91. The summed E-state index contributed by atoms with van der Waals surface area (Å²) in [6, 6.07) is 6.99. The van der Waals surface area contributed by atoms with Gasteiger partial charge in [-0.3, -0.25) is 0 Å². The first-order valence-corrected chi connectivity index (χ1v) is 5.20. The molecular formula is C12H18FNO. The Kier molecular flexibility index (Phi) is 4.09. The minimum absolute atomic E-state index is 0.0210. The molecule has 0 saturated carbocycles. The van der Waals surface area contributed by atoms with Crippen LogP contribution in [0.2, 0.25) is 0 Å². The van der Waals surface area contributed by atoms with E-state index in [2.05, 4.69) is 0 Å². The molecule has 0 aliphatic heterocycles. The third-order valence-corrected chi connectivity index (χ3v) is 2.58. The second-order valence-corrected chi connectivity index (χ2v) is 3.65. The van der Waals surface area contributed by atoms with Gasteiger partial charge in [-0.2, -0.15) is 0 Å². The van der Waals surface area contributed by atoms with Gasteiger partial charge in [0, 0.05) is 6.54 Å². The minimum Gasteiger partial charge on any atom is -0.497 e. The molecule has 0 aromatic heterocycles. The van der Waals surface area contributed by atoms with Gasteiger partial charge in [-0.1, -0.05) is 25.5 Å². The number of nitrogens with two attached hydrogens (primary N) is 1. The number of rotatable bonds is 5. The summed E-state index contributed by atoms with van der Waals surface area (Å²) in [6.45, 7) is 1.97. The van der Waals surface area contributed by atoms with Gasteiger partial charge >= 0.3 is 0 Å². The number of hydrogen-bond acceptors (Lipinski definition) is 2. The van der Waals surface area contributed by atoms with Crippen molar-refractivity contribution in [1.29, 1.82) is 0 Å². The molecule has 0 bridgehead atoms. The molecule has 1 aromatic rings. The summed E-state index contributed by atoms with van der Waals surface area (Å²) < 4.78 is 19.3. The van der Waals surface area contributed by atoms with E-state index >= 15 is 0 Å². The summed E-state index contributed by atoms with van der Waals surface area (Å²) in [5.41, 5.74) is 4.72. The molecule has 84 valence electrons. The molecule has 0 aliphatic rings. The van der Waals surface area contributed by atoms with E-state index in [0.29, 0.717) is 12.0 Å². The summed E-state index contributed by atoms with van der Waals surface area (Å²) in [6.07, 6.45) is 1.23. The maximum Gasteiger partial charge on any atom is 0.148 e. The molecular weight excluding hydrogens is 193 g/mol. The summed E-state index contributed by atoms with van der Waals surface area (Å²) in [4.78, 5) is 0. The lowest BCUT2D eigenvalue weighted by Gasteiger charge is -2.23. The van der Waals surface area contributed by atoms with E-state index in [1.165, 1.54) is 0 Å². The predicted octanol–water partition coefficient (Wildman–Crippen LogP) is 2.62. The molecule has 1 rings (SSSR count). The van der Waals surface area contributed by atoms with Crippen LogP contribution in [-0.4, -0.2) is 13.7 Å². The Balaban J connectivity index is 2.92. The second kappa shape index (κ2) is 5.12. The summed E-state index contributed by atoms with van der Waals surface area (Å²) in [7, 11) is 1.59. The van der Waals surface area contributed by atoms with E-state index in [-0.39, 0.29) is 6.54 Å². The SMILES string of the molecule is CCCC(F)(CN)c1ccc(OC)cc1. The average Bonchev–Trinajstić information content (AvgIpc) is 2.29. The lowest BCUT2D eigenvalue weighted by Crippen LogP contribution is -2.30. The summed E-state index contributed by atoms with van der Waals surface area (Å²) >= 11 is 0. The van der Waals surface area contributed by atoms with Crippen molar-refractivity contribution in [2.45, 2.75) is 25.4 Å². The summed E-state index contributed by atoms with van der Waals surface area (Å²) in [5, 5.41) is 0. The highest BCUT2D eigenvalue weighted by Gasteiger charge is 2.28. The van der Waals surface area contributed by atoms with Crippen LogP contribution in [0.25, 0.3) is 0 Å². The minimum atomic E-state index is -1.40. The molecule has 0 saturated heterocycles. The Hall–Kier alpha value is -1.09. The zero-order chi connectivity index (χ0) is 11.3. The number of benzene rings is 1. The van der Waals surface area contributed by atoms with Crippen molar-refractivity contribution in [3.63, 3.8) is 0 Å². The monoisotopic (exact) mass is 211 g/mol. The molecule has 1 aromatic carbocycles. The standard InChI is InChI=1S/C12H18FNO/c1-3-8-12(13,9-14)10-4-6-11(15-2)7-5-10/h4-7H,3,8-9,14H2,1-2H3. The highest BCUT2D eigenvalue weighted by Crippen LogP contribution is 2.31. The molecule has 0 radical (unpaired) electrons. The van der Waals surface area contributed by atoms with Crippen molar-refractivity contribution in [1.82, 2.24) is 0 Å². The number of methoxy groups -OCH3 is 1. The first-order chi connectivity index (χ1) is 7.16. The topological polar surface area (TPSA) is 35.2 Å². The maximum atomic E-state index is 14.3. The molecule has 1 atom stereocenters. The van der Waals surface area contributed by atoms with Gasteiger partial charge in [0.1, 0.15) is 11.4 Å². The van der Waals surface area contributed by atoms with Crippen molar-refractivity contribution < 1.29 is 9.13 Å². The van der Waals surface area contributed by atoms with Gasteiger partial charge in [0.25, 0.3) is 0 Å². The van der Waals surface area contributed by atoms with Crippen LogP contribution in [0.4, 0.5) is 4.39 Å². The van der Waals surface area contributed by atoms with E-state index in [9.17, 15) is 4.39 Å². The zero-order valence-corrected chi connectivity index (χ0v) is 9.29. The van der Waals surface area contributed by atoms with Crippen LogP contribution in [-0.2, 0) is 5.67 Å². The fraction of sp³-hybridized carbons (Fsp3) is 0.500. The molecule has 2 nitrogen and oxygen atoms in total. The first kappa shape index (κ1) is 12.0. The number of hydrogen-bond donors (Lipinski definition) is 1. The highest BCUT2D eigenvalue weighted by atomic mass is 19.1. The molecule has 0 fully saturated rings. The maximum absolute atomic E-state index is 14.3. The van der Waals surface area contributed by atoms with Gasteiger partial charge in [-0.15, -0.1) is 0 Å². The van der Waals surface area contributed by atoms with Crippen molar-refractivity contribution in [2.75, 3.05) is 13.7 Å². The van der Waals surface area contributed by atoms with E-state index in [4.69, 9.17) is 10.5 Å². The zero-order valence-electron chi connectivity index (χ0n) is 9.29. The fourth-order valence-corrected chi connectivity index (χ4v) is 1.65. The fourth-order valence-electron chi connectivity index (χ4n) is 1.65. The van der Waals surface area contributed by atoms with E-state index in [1.807, 2.05) is 6.92 Å². The van der Waals surface area contributed by atoms with Crippen LogP contribution < -0.4 is 10.5 Å². The van der Waals surface area contributed by atoms with Crippen molar-refractivity contribution in [2.24, 2.45) is 5.73 Å². The smallest absolute Gasteiger partial charge is 0.148 e. The Morgan fingerprint density at radius 3 is 2.33 bits per heavy atom. The molecule has 2 N–H and O–H groups in total. The van der Waals surface area contributed by atoms with E-state index in [0.717, 1.165) is 12.2 Å². The molecule has 0 spiro atoms. The van der Waals surface area contributed by atoms with Crippen molar-refractivity contribution in [3.05, 3.63) is 29.8 Å². The van der Waals surface area contributed by atoms with Gasteiger partial charge in [0.15, 0.2) is 0 Å². The van der Waals surface area contributed by atoms with Crippen LogP contribution in [0.15, 0.2) is 24.3 Å². The first-order valence-electron chi connectivity index (χ1n) is 5.20. The molecule has 0 aliphatic carbocycles. The second-order valence-electron chi connectivity index (χ2n) is 3.65. The molecule has 3 heteroatoms. The lowest BCUT2D eigenvalue weighted by molar-refractivity contribution is 0.159. The third-order valence-electron chi connectivity index (χ3n) is 2.58. The Morgan fingerprint density at radius 1 is 1.33 bits per heavy atom. The highest BCUT2D eigenvalue weighted by molar-refractivity contribution is 5.31. The molecule has 15 heavy (non-hydrogen) atoms. The number of halogens is 1. The van der Waals surface area contributed by atoms with Gasteiger partial charge in [0.2, 0.25) is 0 Å².